The fourth-order valence-corrected chi connectivity index (χ4v) is 7.52. The molecule has 4 bridgehead atoms. The van der Waals surface area contributed by atoms with E-state index >= 15 is 0 Å². The molecule has 4 aliphatic rings. The molecular formula is C24H33Cl2N4O2S-. The maximum Gasteiger partial charge on any atom is 0.306 e. The number of ether oxygens (including phenoxy) is 1. The van der Waals surface area contributed by atoms with Gasteiger partial charge in [-0.1, -0.05) is 11.3 Å². The molecular weight excluding hydrogens is 479 g/mol. The third kappa shape index (κ3) is 5.63. The second kappa shape index (κ2) is 10.9. The molecule has 0 aromatic carbocycles. The van der Waals surface area contributed by atoms with Crippen molar-refractivity contribution in [1.29, 1.82) is 0 Å². The summed E-state index contributed by atoms with van der Waals surface area (Å²) in [5, 5.41) is 0. The number of nitrogen functional groups attached to an aromatic ring is 1. The van der Waals surface area contributed by atoms with Crippen LogP contribution in [0.1, 0.15) is 60.5 Å². The Morgan fingerprint density at radius 3 is 2.45 bits per heavy atom. The Bertz CT molecular complexity index is 955. The molecule has 4 saturated carbocycles. The monoisotopic (exact) mass is 511 g/mol. The highest BCUT2D eigenvalue weighted by atomic mass is 35.5. The minimum atomic E-state index is 0. The summed E-state index contributed by atoms with van der Waals surface area (Å²) in [5.41, 5.74) is 10.2. The minimum absolute atomic E-state index is 0. The lowest BCUT2D eigenvalue weighted by atomic mass is 9.51. The van der Waals surface area contributed by atoms with Gasteiger partial charge in [-0.3, -0.25) is 4.79 Å². The molecule has 0 spiro atoms. The van der Waals surface area contributed by atoms with E-state index in [4.69, 9.17) is 10.5 Å². The minimum Gasteiger partial charge on any atom is -1.00 e. The summed E-state index contributed by atoms with van der Waals surface area (Å²) < 4.78 is 7.85. The number of hydrogen-bond donors (Lipinski definition) is 1. The Balaban J connectivity index is 0.00000153. The lowest BCUT2D eigenvalue weighted by Crippen LogP contribution is -3.00. The maximum atomic E-state index is 12.6. The smallest absolute Gasteiger partial charge is 0.306 e. The first-order valence-corrected chi connectivity index (χ1v) is 12.5. The average Bonchev–Trinajstić information content (AvgIpc) is 3.06. The topological polar surface area (TPSA) is 82.0 Å². The number of nitrogens with zero attached hydrogens (tertiary/aromatic N) is 3. The van der Waals surface area contributed by atoms with E-state index in [0.29, 0.717) is 37.1 Å². The number of esters is 1. The lowest BCUT2D eigenvalue weighted by molar-refractivity contribution is -0.689. The van der Waals surface area contributed by atoms with E-state index in [1.165, 1.54) is 42.7 Å². The van der Waals surface area contributed by atoms with Crippen molar-refractivity contribution < 1.29 is 38.9 Å². The number of nitrogens with two attached hydrogens (primary N) is 1. The largest absolute Gasteiger partial charge is 1.00 e. The van der Waals surface area contributed by atoms with Crippen LogP contribution in [0.3, 0.4) is 0 Å². The van der Waals surface area contributed by atoms with Gasteiger partial charge >= 0.3 is 5.97 Å². The molecule has 6 nitrogen and oxygen atoms in total. The van der Waals surface area contributed by atoms with Crippen LogP contribution in [0, 0.1) is 43.4 Å². The number of aryl methyl sites for hydroxylation is 1. The first-order valence-electron chi connectivity index (χ1n) is 11.7. The van der Waals surface area contributed by atoms with Crippen molar-refractivity contribution in [2.45, 2.75) is 65.3 Å². The van der Waals surface area contributed by atoms with Gasteiger partial charge in [0.1, 0.15) is 11.6 Å². The van der Waals surface area contributed by atoms with Gasteiger partial charge < -0.3 is 35.3 Å². The molecule has 33 heavy (non-hydrogen) atoms. The van der Waals surface area contributed by atoms with Gasteiger partial charge in [0.05, 0.1) is 17.0 Å². The predicted octanol–water partition coefficient (Wildman–Crippen LogP) is -2.37. The first-order chi connectivity index (χ1) is 15.0. The fraction of sp³-hybridized carbons (Fsp3) is 0.667. The van der Waals surface area contributed by atoms with Crippen LogP contribution in [0.5, 0.6) is 0 Å². The molecule has 2 aromatic rings. The molecule has 2 aromatic heterocycles. The predicted molar refractivity (Wildman–Crippen MR) is 119 cm³/mol. The Hall–Kier alpha value is -1.44. The van der Waals surface area contributed by atoms with Gasteiger partial charge in [0.25, 0.3) is 0 Å². The number of anilines is 1. The Labute approximate surface area is 212 Å². The zero-order valence-electron chi connectivity index (χ0n) is 19.3. The number of aromatic nitrogens is 3. The highest BCUT2D eigenvalue weighted by Crippen LogP contribution is 2.57. The molecule has 0 unspecified atom stereocenters. The number of carbonyl (C=O) groups is 1. The van der Waals surface area contributed by atoms with Crippen molar-refractivity contribution in [3.05, 3.63) is 33.7 Å². The van der Waals surface area contributed by atoms with Crippen LogP contribution in [-0.2, 0) is 22.5 Å². The third-order valence-electron chi connectivity index (χ3n) is 7.93. The summed E-state index contributed by atoms with van der Waals surface area (Å²) in [6, 6.07) is 0. The van der Waals surface area contributed by atoms with Crippen LogP contribution in [-0.4, -0.2) is 22.5 Å². The van der Waals surface area contributed by atoms with Crippen molar-refractivity contribution in [3.8, 4) is 0 Å². The van der Waals surface area contributed by atoms with E-state index in [1.54, 1.807) is 17.5 Å². The molecule has 4 fully saturated rings. The number of carbonyl (C=O) groups excluding carboxylic acids is 1. The van der Waals surface area contributed by atoms with Gasteiger partial charge in [0, 0.05) is 26.0 Å². The molecule has 2 N–H and O–H groups in total. The molecule has 6 rings (SSSR count). The SMILES string of the molecule is Cc1ncc(C[n+]2csc(CCOC(=O)CC3C4CC5CC(C4)CC3C5)c2C)c(N)n1.[Cl-].[Cl-]. The summed E-state index contributed by atoms with van der Waals surface area (Å²) in [4.78, 5) is 22.3. The first kappa shape index (κ1) is 26.2. The van der Waals surface area contributed by atoms with Gasteiger partial charge in [-0.2, -0.15) is 4.57 Å². The Morgan fingerprint density at radius 1 is 1.15 bits per heavy atom. The van der Waals surface area contributed by atoms with Gasteiger partial charge in [-0.15, -0.1) is 0 Å². The zero-order chi connectivity index (χ0) is 21.5. The number of halogens is 2. The fourth-order valence-electron chi connectivity index (χ4n) is 6.55. The second-order valence-electron chi connectivity index (χ2n) is 9.96. The molecule has 2 heterocycles. The summed E-state index contributed by atoms with van der Waals surface area (Å²) in [5.74, 6) is 5.25. The van der Waals surface area contributed by atoms with Crippen molar-refractivity contribution in [3.63, 3.8) is 0 Å². The molecule has 4 aliphatic carbocycles. The molecule has 0 radical (unpaired) electrons. The van der Waals surface area contributed by atoms with Crippen molar-refractivity contribution >= 4 is 23.1 Å². The van der Waals surface area contributed by atoms with E-state index in [1.807, 2.05) is 6.92 Å². The van der Waals surface area contributed by atoms with Crippen molar-refractivity contribution in [2.75, 3.05) is 12.3 Å². The van der Waals surface area contributed by atoms with E-state index in [-0.39, 0.29) is 30.8 Å². The molecule has 0 amide bonds. The van der Waals surface area contributed by atoms with Crippen LogP contribution in [0.15, 0.2) is 11.7 Å². The molecule has 0 saturated heterocycles. The van der Waals surface area contributed by atoms with Gasteiger partial charge in [0.15, 0.2) is 12.2 Å². The zero-order valence-corrected chi connectivity index (χ0v) is 21.6. The molecule has 182 valence electrons. The molecule has 0 atom stereocenters. The maximum absolute atomic E-state index is 12.6. The van der Waals surface area contributed by atoms with Crippen molar-refractivity contribution in [1.82, 2.24) is 9.97 Å². The summed E-state index contributed by atoms with van der Waals surface area (Å²) in [7, 11) is 0. The highest BCUT2D eigenvalue weighted by molar-refractivity contribution is 7.09. The van der Waals surface area contributed by atoms with Gasteiger partial charge in [0.2, 0.25) is 5.51 Å². The molecule has 0 aliphatic heterocycles. The molecule has 9 heteroatoms. The lowest BCUT2D eigenvalue weighted by Gasteiger charge is -2.54. The van der Waals surface area contributed by atoms with E-state index < -0.39 is 0 Å². The normalized spacial score (nSPS) is 27.0. The van der Waals surface area contributed by atoms with Crippen molar-refractivity contribution in [2.24, 2.45) is 29.6 Å². The van der Waals surface area contributed by atoms with E-state index in [0.717, 1.165) is 35.7 Å². The van der Waals surface area contributed by atoms with Crippen LogP contribution in [0.4, 0.5) is 5.82 Å². The van der Waals surface area contributed by atoms with E-state index in [2.05, 4.69) is 27.0 Å². The number of hydrogen-bond acceptors (Lipinski definition) is 6. The highest BCUT2D eigenvalue weighted by Gasteiger charge is 2.48. The van der Waals surface area contributed by atoms with Crippen LogP contribution in [0.2, 0.25) is 0 Å². The standard InChI is InChI=1S/C24H33N4O2S.2ClH/c1-14-22(31-13-28(14)12-20-11-26-15(2)27-24(20)25)3-4-30-23(29)10-21-18-6-16-5-17(8-18)9-19(21)7-16;;/h11,13,16-19,21H,3-10,12H2,1-2H3,(H2,25,26,27);2*1H/q+1;;/p-2. The van der Waals surface area contributed by atoms with Gasteiger partial charge in [-0.25, -0.2) is 9.97 Å². The summed E-state index contributed by atoms with van der Waals surface area (Å²) >= 11 is 1.70. The number of rotatable bonds is 7. The average molecular weight is 513 g/mol. The summed E-state index contributed by atoms with van der Waals surface area (Å²) in [6.45, 7) is 5.06. The Morgan fingerprint density at radius 2 is 1.82 bits per heavy atom. The van der Waals surface area contributed by atoms with Crippen LogP contribution < -0.4 is 35.1 Å². The summed E-state index contributed by atoms with van der Waals surface area (Å²) in [6.07, 6.45) is 10.1. The quantitative estimate of drug-likeness (QED) is 0.332. The van der Waals surface area contributed by atoms with Crippen LogP contribution >= 0.6 is 11.3 Å². The Kier molecular flexibility index (Phi) is 8.62. The van der Waals surface area contributed by atoms with E-state index in [9.17, 15) is 4.79 Å². The second-order valence-corrected chi connectivity index (χ2v) is 10.9. The van der Waals surface area contributed by atoms with Crippen LogP contribution in [0.25, 0.3) is 0 Å². The van der Waals surface area contributed by atoms with Gasteiger partial charge in [-0.05, 0) is 68.6 Å². The number of thiazole rings is 1. The third-order valence-corrected chi connectivity index (χ3v) is 9.08.